The second-order valence-corrected chi connectivity index (χ2v) is 4.06. The maximum absolute atomic E-state index is 13.1. The number of nitrogens with zero attached hydrogens (tertiary/aromatic N) is 1. The molecule has 19 heavy (non-hydrogen) atoms. The fourth-order valence-corrected chi connectivity index (χ4v) is 1.62. The van der Waals surface area contributed by atoms with Crippen LogP contribution in [-0.2, 0) is 0 Å². The molecule has 0 fully saturated rings. The van der Waals surface area contributed by atoms with Gasteiger partial charge in [-0.05, 0) is 30.3 Å². The number of hydrogen-bond donors (Lipinski definition) is 2. The summed E-state index contributed by atoms with van der Waals surface area (Å²) in [6.07, 6.45) is 0. The highest BCUT2D eigenvalue weighted by atomic mass is 35.5. The third-order valence-electron chi connectivity index (χ3n) is 2.31. The van der Waals surface area contributed by atoms with Crippen molar-refractivity contribution in [3.05, 3.63) is 52.7 Å². The van der Waals surface area contributed by atoms with Crippen molar-refractivity contribution < 1.29 is 13.6 Å². The van der Waals surface area contributed by atoms with Crippen LogP contribution in [0.5, 0.6) is 0 Å². The molecule has 1 aromatic carbocycles. The molecule has 2 aromatic rings. The number of carbonyl (C=O) groups is 1. The summed E-state index contributed by atoms with van der Waals surface area (Å²) in [6, 6.07) is 6.02. The average Bonchev–Trinajstić information content (AvgIpc) is 2.33. The first kappa shape index (κ1) is 13.2. The van der Waals surface area contributed by atoms with Crippen LogP contribution in [-0.4, -0.2) is 10.9 Å². The highest BCUT2D eigenvalue weighted by Gasteiger charge is 2.11. The number of halogens is 3. The van der Waals surface area contributed by atoms with Gasteiger partial charge in [-0.2, -0.15) is 4.39 Å². The van der Waals surface area contributed by atoms with Crippen LogP contribution in [0.2, 0.25) is 5.02 Å². The zero-order valence-electron chi connectivity index (χ0n) is 9.45. The van der Waals surface area contributed by atoms with Gasteiger partial charge in [0.05, 0.1) is 10.6 Å². The van der Waals surface area contributed by atoms with E-state index in [-0.39, 0.29) is 16.4 Å². The van der Waals surface area contributed by atoms with Crippen LogP contribution in [0.4, 0.5) is 20.3 Å². The molecule has 0 bridgehead atoms. The molecule has 4 nitrogen and oxygen atoms in total. The number of pyridine rings is 1. The summed E-state index contributed by atoms with van der Waals surface area (Å²) in [7, 11) is 0. The zero-order valence-corrected chi connectivity index (χ0v) is 10.2. The number of anilines is 2. The first-order valence-electron chi connectivity index (χ1n) is 5.16. The van der Waals surface area contributed by atoms with Gasteiger partial charge in [0, 0.05) is 5.69 Å². The van der Waals surface area contributed by atoms with E-state index in [0.717, 1.165) is 12.1 Å². The Hall–Kier alpha value is -2.21. The highest BCUT2D eigenvalue weighted by molar-refractivity contribution is 6.31. The Morgan fingerprint density at radius 1 is 1.26 bits per heavy atom. The molecule has 2 rings (SSSR count). The lowest BCUT2D eigenvalue weighted by Gasteiger charge is -2.09. The van der Waals surface area contributed by atoms with Crippen molar-refractivity contribution in [3.63, 3.8) is 0 Å². The molecule has 0 aliphatic carbocycles. The van der Waals surface area contributed by atoms with Gasteiger partial charge in [-0.25, -0.2) is 9.37 Å². The Morgan fingerprint density at radius 2 is 2.00 bits per heavy atom. The molecule has 0 aliphatic rings. The molecule has 3 N–H and O–H groups in total. The van der Waals surface area contributed by atoms with Gasteiger partial charge in [0.2, 0.25) is 5.95 Å². The molecule has 98 valence electrons. The Morgan fingerprint density at radius 3 is 2.63 bits per heavy atom. The highest BCUT2D eigenvalue weighted by Crippen LogP contribution is 2.23. The summed E-state index contributed by atoms with van der Waals surface area (Å²) in [6.45, 7) is 0. The van der Waals surface area contributed by atoms with E-state index in [1.165, 1.54) is 18.2 Å². The Bertz CT molecular complexity index is 649. The fraction of sp³-hybridized carbons (Fsp3) is 0. The quantitative estimate of drug-likeness (QED) is 0.851. The lowest BCUT2D eigenvalue weighted by atomic mass is 10.2. The van der Waals surface area contributed by atoms with Gasteiger partial charge in [0.1, 0.15) is 11.6 Å². The molecule has 0 saturated heterocycles. The Kier molecular flexibility index (Phi) is 3.62. The third-order valence-corrected chi connectivity index (χ3v) is 2.60. The molecule has 1 amide bonds. The van der Waals surface area contributed by atoms with Gasteiger partial charge in [-0.15, -0.1) is 0 Å². The van der Waals surface area contributed by atoms with E-state index in [1.54, 1.807) is 0 Å². The first-order valence-corrected chi connectivity index (χ1v) is 5.53. The minimum atomic E-state index is -0.777. The van der Waals surface area contributed by atoms with Gasteiger partial charge in [0.25, 0.3) is 5.91 Å². The van der Waals surface area contributed by atoms with Gasteiger partial charge in [0.15, 0.2) is 0 Å². The van der Waals surface area contributed by atoms with Crippen molar-refractivity contribution in [1.82, 2.24) is 4.98 Å². The number of nitrogens with one attached hydrogen (secondary N) is 1. The van der Waals surface area contributed by atoms with E-state index >= 15 is 0 Å². The predicted molar refractivity (Wildman–Crippen MR) is 67.4 cm³/mol. The number of benzene rings is 1. The largest absolute Gasteiger partial charge is 0.365 e. The predicted octanol–water partition coefficient (Wildman–Crippen LogP) is 2.86. The van der Waals surface area contributed by atoms with Crippen molar-refractivity contribution in [2.45, 2.75) is 0 Å². The number of primary amides is 1. The SMILES string of the molecule is NC(=O)c1ccc(F)nc1Nc1ccc(F)c(Cl)c1. The zero-order chi connectivity index (χ0) is 14.0. The molecule has 0 aliphatic heterocycles. The van der Waals surface area contributed by atoms with Crippen LogP contribution >= 0.6 is 11.6 Å². The number of amides is 1. The fourth-order valence-electron chi connectivity index (χ4n) is 1.44. The van der Waals surface area contributed by atoms with E-state index in [2.05, 4.69) is 10.3 Å². The second-order valence-electron chi connectivity index (χ2n) is 3.65. The minimum absolute atomic E-state index is 0.0156. The Labute approximate surface area is 112 Å². The molecule has 0 atom stereocenters. The second kappa shape index (κ2) is 5.19. The van der Waals surface area contributed by atoms with Crippen LogP contribution in [0.25, 0.3) is 0 Å². The lowest BCUT2D eigenvalue weighted by Crippen LogP contribution is -2.14. The van der Waals surface area contributed by atoms with Gasteiger partial charge in [-0.3, -0.25) is 4.79 Å². The van der Waals surface area contributed by atoms with Crippen LogP contribution in [0.3, 0.4) is 0 Å². The van der Waals surface area contributed by atoms with Crippen molar-refractivity contribution in [1.29, 1.82) is 0 Å². The minimum Gasteiger partial charge on any atom is -0.365 e. The lowest BCUT2D eigenvalue weighted by molar-refractivity contribution is 0.100. The van der Waals surface area contributed by atoms with Gasteiger partial charge < -0.3 is 11.1 Å². The molecular weight excluding hydrogens is 276 g/mol. The first-order chi connectivity index (χ1) is 8.97. The number of carbonyl (C=O) groups excluding carboxylic acids is 1. The summed E-state index contributed by atoms with van der Waals surface area (Å²) in [4.78, 5) is 14.7. The smallest absolute Gasteiger partial charge is 0.252 e. The molecule has 7 heteroatoms. The summed E-state index contributed by atoms with van der Waals surface area (Å²) in [5, 5.41) is 2.55. The van der Waals surface area contributed by atoms with E-state index in [4.69, 9.17) is 17.3 Å². The average molecular weight is 284 g/mol. The van der Waals surface area contributed by atoms with Crippen LogP contribution < -0.4 is 11.1 Å². The maximum atomic E-state index is 13.1. The van der Waals surface area contributed by atoms with Gasteiger partial charge in [-0.1, -0.05) is 11.6 Å². The molecule has 0 unspecified atom stereocenters. The van der Waals surface area contributed by atoms with E-state index < -0.39 is 17.7 Å². The maximum Gasteiger partial charge on any atom is 0.252 e. The standard InChI is InChI=1S/C12H8ClF2N3O/c13-8-5-6(1-3-9(8)14)17-12-7(11(16)19)2-4-10(15)18-12/h1-5H,(H2,16,19)(H,17,18). The molecule has 1 heterocycles. The van der Waals surface area contributed by atoms with Crippen LogP contribution in [0.15, 0.2) is 30.3 Å². The molecule has 1 aromatic heterocycles. The summed E-state index contributed by atoms with van der Waals surface area (Å²) in [5.74, 6) is -2.19. The summed E-state index contributed by atoms with van der Waals surface area (Å²) >= 11 is 5.61. The summed E-state index contributed by atoms with van der Waals surface area (Å²) in [5.41, 5.74) is 5.51. The Balaban J connectivity index is 2.39. The van der Waals surface area contributed by atoms with E-state index in [0.29, 0.717) is 5.69 Å². The van der Waals surface area contributed by atoms with Crippen molar-refractivity contribution in [2.24, 2.45) is 5.73 Å². The molecule has 0 saturated carbocycles. The number of hydrogen-bond acceptors (Lipinski definition) is 3. The molecular formula is C12H8ClF2N3O. The number of rotatable bonds is 3. The van der Waals surface area contributed by atoms with Crippen molar-refractivity contribution in [2.75, 3.05) is 5.32 Å². The third kappa shape index (κ3) is 2.97. The van der Waals surface area contributed by atoms with Crippen LogP contribution in [0.1, 0.15) is 10.4 Å². The van der Waals surface area contributed by atoms with Crippen molar-refractivity contribution in [3.8, 4) is 0 Å². The molecule has 0 spiro atoms. The van der Waals surface area contributed by atoms with Crippen molar-refractivity contribution >= 4 is 29.0 Å². The van der Waals surface area contributed by atoms with E-state index in [1.807, 2.05) is 0 Å². The van der Waals surface area contributed by atoms with E-state index in [9.17, 15) is 13.6 Å². The monoisotopic (exact) mass is 283 g/mol. The number of aromatic nitrogens is 1. The van der Waals surface area contributed by atoms with Crippen LogP contribution in [0, 0.1) is 11.8 Å². The topological polar surface area (TPSA) is 68.0 Å². The normalized spacial score (nSPS) is 10.3. The number of nitrogens with two attached hydrogens (primary N) is 1. The molecule has 0 radical (unpaired) electrons. The summed E-state index contributed by atoms with van der Waals surface area (Å²) < 4.78 is 26.1. The van der Waals surface area contributed by atoms with Gasteiger partial charge >= 0.3 is 0 Å².